The molecule has 0 saturated carbocycles. The van der Waals surface area contributed by atoms with Gasteiger partial charge < -0.3 is 10.2 Å². The minimum absolute atomic E-state index is 0.0426. The van der Waals surface area contributed by atoms with Gasteiger partial charge in [-0.2, -0.15) is 0 Å². The van der Waals surface area contributed by atoms with Crippen molar-refractivity contribution >= 4 is 55.1 Å². The molecule has 4 aromatic carbocycles. The number of hydrogen-bond donors (Lipinski definition) is 1. The highest BCUT2D eigenvalue weighted by atomic mass is 79.9. The average Bonchev–Trinajstić information content (AvgIpc) is 3.02. The second-order valence-corrected chi connectivity index (χ2v) is 14.1. The van der Waals surface area contributed by atoms with Crippen LogP contribution in [-0.2, 0) is 32.6 Å². The van der Waals surface area contributed by atoms with Gasteiger partial charge in [0.05, 0.1) is 10.6 Å². The van der Waals surface area contributed by atoms with Gasteiger partial charge in [0, 0.05) is 28.5 Å². The molecule has 4 aromatic rings. The summed E-state index contributed by atoms with van der Waals surface area (Å²) >= 11 is 9.73. The van der Waals surface area contributed by atoms with Gasteiger partial charge in [-0.05, 0) is 79.4 Å². The molecule has 0 bridgehead atoms. The molecule has 0 saturated heterocycles. The number of nitrogens with zero attached hydrogens (tertiary/aromatic N) is 2. The maximum atomic E-state index is 14.6. The van der Waals surface area contributed by atoms with E-state index in [2.05, 4.69) is 21.2 Å². The lowest BCUT2D eigenvalue weighted by Crippen LogP contribution is -2.54. The number of benzene rings is 4. The van der Waals surface area contributed by atoms with E-state index in [0.29, 0.717) is 22.7 Å². The van der Waals surface area contributed by atoms with Crippen molar-refractivity contribution in [2.45, 2.75) is 57.1 Å². The summed E-state index contributed by atoms with van der Waals surface area (Å²) in [7, 11) is -4.19. The maximum absolute atomic E-state index is 14.6. The lowest BCUT2D eigenvalue weighted by Gasteiger charge is -2.34. The Morgan fingerprint density at radius 1 is 0.889 bits per heavy atom. The second-order valence-electron chi connectivity index (χ2n) is 10.9. The summed E-state index contributed by atoms with van der Waals surface area (Å²) in [5.74, 6) is -0.833. The van der Waals surface area contributed by atoms with E-state index in [0.717, 1.165) is 19.9 Å². The van der Waals surface area contributed by atoms with Crippen LogP contribution in [0.5, 0.6) is 0 Å². The van der Waals surface area contributed by atoms with E-state index in [9.17, 15) is 18.0 Å². The van der Waals surface area contributed by atoms with E-state index in [4.69, 9.17) is 11.6 Å². The summed E-state index contributed by atoms with van der Waals surface area (Å²) < 4.78 is 30.2. The number of carbonyl (C=O) groups excluding carboxylic acids is 2. The smallest absolute Gasteiger partial charge is 0.264 e. The Balaban J connectivity index is 1.83. The van der Waals surface area contributed by atoms with Crippen LogP contribution in [0.1, 0.15) is 37.0 Å². The minimum atomic E-state index is -4.19. The predicted octanol–water partition coefficient (Wildman–Crippen LogP) is 7.16. The van der Waals surface area contributed by atoms with E-state index in [1.807, 2.05) is 68.4 Å². The fraction of sp³-hybridized carbons (Fsp3) is 0.257. The molecule has 1 N–H and O–H groups in total. The number of halogens is 2. The lowest BCUT2D eigenvalue weighted by atomic mass is 10.0. The number of aryl methyl sites for hydroxylation is 1. The zero-order chi connectivity index (χ0) is 32.6. The molecule has 7 nitrogen and oxygen atoms in total. The first-order chi connectivity index (χ1) is 21.5. The summed E-state index contributed by atoms with van der Waals surface area (Å²) in [6.45, 7) is 5.19. The first kappa shape index (κ1) is 34.2. The van der Waals surface area contributed by atoms with Crippen LogP contribution in [-0.4, -0.2) is 43.8 Å². The van der Waals surface area contributed by atoms with Crippen LogP contribution in [0.25, 0.3) is 0 Å². The molecule has 0 fully saturated rings. The molecule has 0 radical (unpaired) electrons. The van der Waals surface area contributed by atoms with E-state index < -0.39 is 28.5 Å². The predicted molar refractivity (Wildman–Crippen MR) is 184 cm³/mol. The average molecular weight is 711 g/mol. The van der Waals surface area contributed by atoms with E-state index in [1.54, 1.807) is 43.3 Å². The van der Waals surface area contributed by atoms with Gasteiger partial charge in [-0.3, -0.25) is 13.9 Å². The van der Waals surface area contributed by atoms with Crippen LogP contribution in [0.2, 0.25) is 5.02 Å². The monoisotopic (exact) mass is 709 g/mol. The van der Waals surface area contributed by atoms with Gasteiger partial charge >= 0.3 is 0 Å². The molecular formula is C35H37BrClN3O4S. The third kappa shape index (κ3) is 8.96. The van der Waals surface area contributed by atoms with Gasteiger partial charge in [0.15, 0.2) is 0 Å². The molecule has 0 aliphatic carbocycles. The Labute approximate surface area is 279 Å². The second kappa shape index (κ2) is 15.6. The topological polar surface area (TPSA) is 86.8 Å². The van der Waals surface area contributed by atoms with Gasteiger partial charge in [0.1, 0.15) is 12.6 Å². The van der Waals surface area contributed by atoms with Crippen molar-refractivity contribution in [1.82, 2.24) is 10.2 Å². The quantitative estimate of drug-likeness (QED) is 0.160. The molecule has 2 atom stereocenters. The van der Waals surface area contributed by atoms with Crippen LogP contribution < -0.4 is 9.62 Å². The van der Waals surface area contributed by atoms with Crippen molar-refractivity contribution in [2.75, 3.05) is 10.8 Å². The molecule has 0 aromatic heterocycles. The summed E-state index contributed by atoms with van der Waals surface area (Å²) in [4.78, 5) is 30.0. The number of sulfonamides is 1. The largest absolute Gasteiger partial charge is 0.352 e. The Bertz CT molecular complexity index is 1720. The third-order valence-corrected chi connectivity index (χ3v) is 10.1. The van der Waals surface area contributed by atoms with Crippen LogP contribution in [0, 0.1) is 6.92 Å². The third-order valence-electron chi connectivity index (χ3n) is 7.55. The zero-order valence-corrected chi connectivity index (χ0v) is 28.6. The maximum Gasteiger partial charge on any atom is 0.264 e. The first-order valence-corrected chi connectivity index (χ1v) is 17.3. The van der Waals surface area contributed by atoms with Crippen molar-refractivity contribution in [3.8, 4) is 0 Å². The van der Waals surface area contributed by atoms with Crippen molar-refractivity contribution in [3.63, 3.8) is 0 Å². The van der Waals surface area contributed by atoms with Crippen molar-refractivity contribution in [3.05, 3.63) is 129 Å². The number of anilines is 1. The Morgan fingerprint density at radius 2 is 1.53 bits per heavy atom. The van der Waals surface area contributed by atoms with Gasteiger partial charge in [0.2, 0.25) is 11.8 Å². The SMILES string of the molecule is CCC(C)NC(=O)C(Cc1ccccc1)N(Cc1cccc(Br)c1)C(=O)CN(c1ccc(Cl)cc1C)S(=O)(=O)c1ccccc1. The molecule has 2 amide bonds. The highest BCUT2D eigenvalue weighted by Crippen LogP contribution is 2.30. The van der Waals surface area contributed by atoms with Gasteiger partial charge in [0.25, 0.3) is 10.0 Å². The lowest BCUT2D eigenvalue weighted by molar-refractivity contribution is -0.140. The summed E-state index contributed by atoms with van der Waals surface area (Å²) in [6, 6.07) is 28.8. The van der Waals surface area contributed by atoms with Gasteiger partial charge in [-0.25, -0.2) is 8.42 Å². The first-order valence-electron chi connectivity index (χ1n) is 14.7. The van der Waals surface area contributed by atoms with Crippen LogP contribution in [0.3, 0.4) is 0 Å². The fourth-order valence-corrected chi connectivity index (χ4v) is 7.13. The van der Waals surface area contributed by atoms with Crippen molar-refractivity contribution in [2.24, 2.45) is 0 Å². The molecule has 10 heteroatoms. The van der Waals surface area contributed by atoms with E-state index in [1.165, 1.54) is 17.0 Å². The highest BCUT2D eigenvalue weighted by Gasteiger charge is 2.35. The van der Waals surface area contributed by atoms with Crippen LogP contribution in [0.15, 0.2) is 112 Å². The zero-order valence-electron chi connectivity index (χ0n) is 25.5. The Kier molecular flexibility index (Phi) is 11.8. The van der Waals surface area contributed by atoms with Crippen molar-refractivity contribution in [1.29, 1.82) is 0 Å². The molecule has 0 heterocycles. The number of nitrogens with one attached hydrogen (secondary N) is 1. The molecule has 0 aliphatic heterocycles. The molecule has 0 spiro atoms. The number of carbonyl (C=O) groups is 2. The standard InChI is InChI=1S/C35H37BrClN3O4S/c1-4-26(3)38-35(42)33(22-27-12-7-5-8-13-27)39(23-28-14-11-15-29(36)21-28)34(41)24-40(32-19-18-30(37)20-25(32)2)45(43,44)31-16-9-6-10-17-31/h5-21,26,33H,4,22-24H2,1-3H3,(H,38,42). The van der Waals surface area contributed by atoms with Gasteiger partial charge in [-0.15, -0.1) is 0 Å². The Morgan fingerprint density at radius 3 is 2.16 bits per heavy atom. The van der Waals surface area contributed by atoms with Crippen LogP contribution >= 0.6 is 27.5 Å². The van der Waals surface area contributed by atoms with Crippen molar-refractivity contribution < 1.29 is 18.0 Å². The number of amides is 2. The molecule has 236 valence electrons. The normalized spacial score (nSPS) is 12.6. The minimum Gasteiger partial charge on any atom is -0.352 e. The van der Waals surface area contributed by atoms with Crippen LogP contribution in [0.4, 0.5) is 5.69 Å². The van der Waals surface area contributed by atoms with E-state index in [-0.39, 0.29) is 29.8 Å². The number of rotatable bonds is 13. The molecule has 45 heavy (non-hydrogen) atoms. The molecule has 0 aliphatic rings. The summed E-state index contributed by atoms with van der Waals surface area (Å²) in [5, 5.41) is 3.50. The van der Waals surface area contributed by atoms with E-state index >= 15 is 0 Å². The van der Waals surface area contributed by atoms with Gasteiger partial charge in [-0.1, -0.05) is 95.1 Å². The number of hydrogen-bond acceptors (Lipinski definition) is 4. The molecule has 2 unspecified atom stereocenters. The Hall–Kier alpha value is -3.66. The summed E-state index contributed by atoms with van der Waals surface area (Å²) in [5.41, 5.74) is 2.56. The molecular weight excluding hydrogens is 674 g/mol. The highest BCUT2D eigenvalue weighted by molar-refractivity contribution is 9.10. The fourth-order valence-electron chi connectivity index (χ4n) is 4.96. The summed E-state index contributed by atoms with van der Waals surface area (Å²) in [6.07, 6.45) is 0.955. The molecule has 4 rings (SSSR count).